The number of rotatable bonds is 7. The highest BCUT2D eigenvalue weighted by molar-refractivity contribution is 4.66. The predicted molar refractivity (Wildman–Crippen MR) is 96.8 cm³/mol. The van der Waals surface area contributed by atoms with E-state index in [1.807, 2.05) is 0 Å². The summed E-state index contributed by atoms with van der Waals surface area (Å²) in [7, 11) is 0. The molecule has 1 rings (SSSR count). The molecule has 1 aliphatic rings. The third-order valence-electron chi connectivity index (χ3n) is 5.75. The molecule has 1 aliphatic carbocycles. The summed E-state index contributed by atoms with van der Waals surface area (Å²) >= 11 is 0. The van der Waals surface area contributed by atoms with E-state index in [2.05, 4.69) is 13.8 Å². The van der Waals surface area contributed by atoms with E-state index in [9.17, 15) is 0 Å². The summed E-state index contributed by atoms with van der Waals surface area (Å²) in [5, 5.41) is 0. The Morgan fingerprint density at radius 1 is 0.571 bits per heavy atom. The lowest BCUT2D eigenvalue weighted by atomic mass is 9.84. The summed E-state index contributed by atoms with van der Waals surface area (Å²) in [4.78, 5) is 0. The molecule has 0 radical (unpaired) electrons. The van der Waals surface area contributed by atoms with Crippen molar-refractivity contribution in [1.29, 1.82) is 0 Å². The molecule has 0 bridgehead atoms. The fraction of sp³-hybridized carbons (Fsp3) is 1.00. The van der Waals surface area contributed by atoms with E-state index < -0.39 is 0 Å². The molecule has 0 spiro atoms. The van der Waals surface area contributed by atoms with Crippen LogP contribution >= 0.6 is 0 Å². The molecule has 0 aromatic heterocycles. The first-order valence-corrected chi connectivity index (χ1v) is 10.4. The Balaban J connectivity index is 2.27. The Kier molecular flexibility index (Phi) is 12.4. The van der Waals surface area contributed by atoms with Crippen LogP contribution in [0.3, 0.4) is 0 Å². The summed E-state index contributed by atoms with van der Waals surface area (Å²) in [6, 6.07) is 0. The molecule has 0 heterocycles. The van der Waals surface area contributed by atoms with Gasteiger partial charge < -0.3 is 0 Å². The van der Waals surface area contributed by atoms with Crippen LogP contribution in [-0.2, 0) is 0 Å². The van der Waals surface area contributed by atoms with Gasteiger partial charge in [-0.25, -0.2) is 0 Å². The summed E-state index contributed by atoms with van der Waals surface area (Å²) in [5.41, 5.74) is 0. The van der Waals surface area contributed by atoms with Crippen LogP contribution in [0.25, 0.3) is 0 Å². The van der Waals surface area contributed by atoms with E-state index in [0.29, 0.717) is 0 Å². The second kappa shape index (κ2) is 13.6. The first-order valence-electron chi connectivity index (χ1n) is 10.4. The van der Waals surface area contributed by atoms with Crippen molar-refractivity contribution < 1.29 is 0 Å². The van der Waals surface area contributed by atoms with Crippen LogP contribution in [0.15, 0.2) is 0 Å². The van der Waals surface area contributed by atoms with Crippen LogP contribution < -0.4 is 0 Å². The van der Waals surface area contributed by atoms with Crippen molar-refractivity contribution in [1.82, 2.24) is 0 Å². The zero-order valence-electron chi connectivity index (χ0n) is 15.2. The van der Waals surface area contributed by atoms with Gasteiger partial charge in [-0.05, 0) is 11.8 Å². The minimum absolute atomic E-state index is 1.03. The van der Waals surface area contributed by atoms with Gasteiger partial charge in [-0.2, -0.15) is 0 Å². The van der Waals surface area contributed by atoms with Crippen molar-refractivity contribution in [3.63, 3.8) is 0 Å². The van der Waals surface area contributed by atoms with Gasteiger partial charge in [0.2, 0.25) is 0 Å². The van der Waals surface area contributed by atoms with Crippen LogP contribution in [-0.4, -0.2) is 0 Å². The van der Waals surface area contributed by atoms with Gasteiger partial charge in [0.05, 0.1) is 0 Å². The molecule has 0 aliphatic heterocycles. The highest BCUT2D eigenvalue weighted by Gasteiger charge is 2.13. The number of unbranched alkanes of at least 4 members (excludes halogenated alkanes) is 4. The Bertz CT molecular complexity index is 208. The topological polar surface area (TPSA) is 0 Å². The van der Waals surface area contributed by atoms with Crippen molar-refractivity contribution in [3.05, 3.63) is 0 Å². The molecule has 0 aromatic carbocycles. The van der Waals surface area contributed by atoms with Crippen LogP contribution in [0.5, 0.6) is 0 Å². The molecule has 2 atom stereocenters. The number of hydrogen-bond acceptors (Lipinski definition) is 0. The quantitative estimate of drug-likeness (QED) is 0.418. The summed E-state index contributed by atoms with van der Waals surface area (Å²) in [6.45, 7) is 4.73. The maximum Gasteiger partial charge on any atom is -0.0414 e. The Morgan fingerprint density at radius 2 is 1.14 bits per heavy atom. The lowest BCUT2D eigenvalue weighted by Crippen LogP contribution is -2.07. The highest BCUT2D eigenvalue weighted by Crippen LogP contribution is 2.28. The predicted octanol–water partition coefficient (Wildman–Crippen LogP) is 7.90. The van der Waals surface area contributed by atoms with E-state index in [4.69, 9.17) is 0 Å². The van der Waals surface area contributed by atoms with E-state index in [-0.39, 0.29) is 0 Å². The SMILES string of the molecule is CCCCCCCC1CCCCCCCCC(CC)CC1. The molecule has 0 saturated heterocycles. The lowest BCUT2D eigenvalue weighted by molar-refractivity contribution is 0.314. The average Bonchev–Trinajstić information content (AvgIpc) is 2.49. The van der Waals surface area contributed by atoms with E-state index in [1.54, 1.807) is 0 Å². The average molecular weight is 295 g/mol. The third kappa shape index (κ3) is 10.4. The van der Waals surface area contributed by atoms with Gasteiger partial charge in [0, 0.05) is 0 Å². The van der Waals surface area contributed by atoms with Crippen molar-refractivity contribution in [2.45, 2.75) is 123 Å². The molecular formula is C21H42. The second-order valence-electron chi connectivity index (χ2n) is 7.62. The van der Waals surface area contributed by atoms with Crippen LogP contribution in [0.1, 0.15) is 123 Å². The maximum atomic E-state index is 2.41. The van der Waals surface area contributed by atoms with Gasteiger partial charge in [-0.15, -0.1) is 0 Å². The molecule has 0 heteroatoms. The monoisotopic (exact) mass is 294 g/mol. The van der Waals surface area contributed by atoms with Crippen LogP contribution in [0.4, 0.5) is 0 Å². The molecule has 0 nitrogen and oxygen atoms in total. The standard InChI is InChI=1S/C21H42/c1-3-5-6-9-13-16-21-17-14-11-8-7-10-12-15-20(4-2)18-19-21/h20-21H,3-19H2,1-2H3. The Labute approximate surface area is 135 Å². The van der Waals surface area contributed by atoms with Crippen molar-refractivity contribution in [2.75, 3.05) is 0 Å². The van der Waals surface area contributed by atoms with Gasteiger partial charge >= 0.3 is 0 Å². The van der Waals surface area contributed by atoms with Crippen LogP contribution in [0, 0.1) is 11.8 Å². The van der Waals surface area contributed by atoms with Crippen LogP contribution in [0.2, 0.25) is 0 Å². The largest absolute Gasteiger partial charge is 0.0654 e. The fourth-order valence-electron chi connectivity index (χ4n) is 4.07. The van der Waals surface area contributed by atoms with Gasteiger partial charge in [0.25, 0.3) is 0 Å². The van der Waals surface area contributed by atoms with E-state index in [1.165, 1.54) is 109 Å². The second-order valence-corrected chi connectivity index (χ2v) is 7.62. The first kappa shape index (κ1) is 19.0. The van der Waals surface area contributed by atoms with Gasteiger partial charge in [-0.1, -0.05) is 123 Å². The molecule has 126 valence electrons. The number of hydrogen-bond donors (Lipinski definition) is 0. The third-order valence-corrected chi connectivity index (χ3v) is 5.75. The fourth-order valence-corrected chi connectivity index (χ4v) is 4.07. The van der Waals surface area contributed by atoms with Crippen molar-refractivity contribution in [3.8, 4) is 0 Å². The summed E-state index contributed by atoms with van der Waals surface area (Å²) in [5.74, 6) is 2.09. The van der Waals surface area contributed by atoms with Gasteiger partial charge in [0.1, 0.15) is 0 Å². The molecule has 0 amide bonds. The summed E-state index contributed by atoms with van der Waals surface area (Å²) < 4.78 is 0. The molecule has 1 fully saturated rings. The molecule has 0 N–H and O–H groups in total. The maximum absolute atomic E-state index is 2.41. The normalized spacial score (nSPS) is 26.0. The van der Waals surface area contributed by atoms with Gasteiger partial charge in [-0.3, -0.25) is 0 Å². The highest BCUT2D eigenvalue weighted by atomic mass is 14.2. The van der Waals surface area contributed by atoms with Crippen molar-refractivity contribution >= 4 is 0 Å². The van der Waals surface area contributed by atoms with E-state index in [0.717, 1.165) is 11.8 Å². The molecule has 1 saturated carbocycles. The molecule has 0 aromatic rings. The zero-order chi connectivity index (χ0) is 15.2. The summed E-state index contributed by atoms with van der Waals surface area (Å²) in [6.07, 6.45) is 25.3. The minimum Gasteiger partial charge on any atom is -0.0654 e. The molecule has 21 heavy (non-hydrogen) atoms. The zero-order valence-corrected chi connectivity index (χ0v) is 15.2. The smallest absolute Gasteiger partial charge is 0.0414 e. The van der Waals surface area contributed by atoms with Gasteiger partial charge in [0.15, 0.2) is 0 Å². The van der Waals surface area contributed by atoms with E-state index >= 15 is 0 Å². The molecule has 2 unspecified atom stereocenters. The Morgan fingerprint density at radius 3 is 1.81 bits per heavy atom. The van der Waals surface area contributed by atoms with Crippen molar-refractivity contribution in [2.24, 2.45) is 11.8 Å². The lowest BCUT2D eigenvalue weighted by Gasteiger charge is -2.22. The minimum atomic E-state index is 1.03. The first-order chi connectivity index (χ1) is 10.4. The Hall–Kier alpha value is 0. The molecular weight excluding hydrogens is 252 g/mol.